The molecule has 1 rings (SSSR count). The van der Waals surface area contributed by atoms with Gasteiger partial charge in [0.15, 0.2) is 5.70 Å². The van der Waals surface area contributed by atoms with Crippen molar-refractivity contribution in [3.8, 4) is 11.8 Å². The standard InChI is InChI=1S/C12H10Cl2N2O2/c1-18-9-4-2-8(3-5-9)6-11(17)16-10(7-15)12(13)14/h2-5H,6H2,1H3,(H,16,17). The molecule has 0 heterocycles. The van der Waals surface area contributed by atoms with Crippen molar-refractivity contribution < 1.29 is 9.53 Å². The number of methoxy groups -OCH3 is 1. The number of carbonyl (C=O) groups excluding carboxylic acids is 1. The van der Waals surface area contributed by atoms with Gasteiger partial charge in [-0.1, -0.05) is 35.3 Å². The molecule has 0 spiro atoms. The molecule has 0 aliphatic carbocycles. The van der Waals surface area contributed by atoms with E-state index in [1.165, 1.54) is 0 Å². The van der Waals surface area contributed by atoms with Crippen LogP contribution in [0.25, 0.3) is 0 Å². The summed E-state index contributed by atoms with van der Waals surface area (Å²) in [6.45, 7) is 0. The average Bonchev–Trinajstić information content (AvgIpc) is 2.36. The van der Waals surface area contributed by atoms with Crippen molar-refractivity contribution in [3.63, 3.8) is 0 Å². The van der Waals surface area contributed by atoms with Crippen LogP contribution in [0.3, 0.4) is 0 Å². The third kappa shape index (κ3) is 4.28. The van der Waals surface area contributed by atoms with Gasteiger partial charge in [0, 0.05) is 0 Å². The van der Waals surface area contributed by atoms with Gasteiger partial charge in [-0.2, -0.15) is 5.26 Å². The summed E-state index contributed by atoms with van der Waals surface area (Å²) in [5.41, 5.74) is 0.633. The first kappa shape index (κ1) is 14.4. The number of nitriles is 1. The molecule has 0 radical (unpaired) electrons. The van der Waals surface area contributed by atoms with Crippen LogP contribution in [0.5, 0.6) is 5.75 Å². The number of hydrogen-bond donors (Lipinski definition) is 1. The molecule has 0 atom stereocenters. The number of halogens is 2. The zero-order valence-electron chi connectivity index (χ0n) is 9.54. The lowest BCUT2D eigenvalue weighted by Gasteiger charge is -2.05. The van der Waals surface area contributed by atoms with E-state index in [1.807, 2.05) is 0 Å². The summed E-state index contributed by atoms with van der Waals surface area (Å²) in [6.07, 6.45) is 0.121. The van der Waals surface area contributed by atoms with Gasteiger partial charge in [0.2, 0.25) is 5.91 Å². The number of nitrogens with one attached hydrogen (secondary N) is 1. The highest BCUT2D eigenvalue weighted by atomic mass is 35.5. The summed E-state index contributed by atoms with van der Waals surface area (Å²) in [7, 11) is 1.56. The lowest BCUT2D eigenvalue weighted by molar-refractivity contribution is -0.119. The molecule has 0 unspecified atom stereocenters. The number of carbonyl (C=O) groups is 1. The minimum atomic E-state index is -0.365. The van der Waals surface area contributed by atoms with Crippen molar-refractivity contribution in [2.45, 2.75) is 6.42 Å². The number of hydrogen-bond acceptors (Lipinski definition) is 3. The first-order valence-electron chi connectivity index (χ1n) is 4.95. The van der Waals surface area contributed by atoms with Crippen molar-refractivity contribution >= 4 is 29.1 Å². The van der Waals surface area contributed by atoms with Gasteiger partial charge < -0.3 is 10.1 Å². The van der Waals surface area contributed by atoms with E-state index >= 15 is 0 Å². The second-order valence-electron chi connectivity index (χ2n) is 3.32. The molecule has 0 saturated heterocycles. The normalized spacial score (nSPS) is 9.22. The molecule has 1 aromatic rings. The van der Waals surface area contributed by atoms with Gasteiger partial charge in [-0.05, 0) is 17.7 Å². The number of nitrogens with zero attached hydrogens (tertiary/aromatic N) is 1. The van der Waals surface area contributed by atoms with Gasteiger partial charge in [0.1, 0.15) is 16.3 Å². The Balaban J connectivity index is 2.65. The zero-order chi connectivity index (χ0) is 13.5. The van der Waals surface area contributed by atoms with Crippen LogP contribution in [0, 0.1) is 11.3 Å². The second kappa shape index (κ2) is 6.90. The van der Waals surface area contributed by atoms with Gasteiger partial charge >= 0.3 is 0 Å². The SMILES string of the molecule is COc1ccc(CC(=O)NC(C#N)=C(Cl)Cl)cc1. The topological polar surface area (TPSA) is 62.1 Å². The Hall–Kier alpha value is -1.70. The molecule has 1 aromatic carbocycles. The summed E-state index contributed by atoms with van der Waals surface area (Å²) >= 11 is 10.8. The lowest BCUT2D eigenvalue weighted by Crippen LogP contribution is -2.24. The fourth-order valence-corrected chi connectivity index (χ4v) is 1.41. The van der Waals surface area contributed by atoms with E-state index < -0.39 is 0 Å². The molecular weight excluding hydrogens is 275 g/mol. The Morgan fingerprint density at radius 3 is 2.44 bits per heavy atom. The van der Waals surface area contributed by atoms with Crippen LogP contribution in [0.15, 0.2) is 34.5 Å². The van der Waals surface area contributed by atoms with Crippen molar-refractivity contribution in [2.75, 3.05) is 7.11 Å². The Kier molecular flexibility index (Phi) is 5.50. The van der Waals surface area contributed by atoms with Gasteiger partial charge in [-0.15, -0.1) is 0 Å². The second-order valence-corrected chi connectivity index (χ2v) is 4.27. The summed E-state index contributed by atoms with van der Waals surface area (Å²) in [4.78, 5) is 11.6. The van der Waals surface area contributed by atoms with E-state index in [4.69, 9.17) is 33.2 Å². The quantitative estimate of drug-likeness (QED) is 0.865. The fraction of sp³-hybridized carbons (Fsp3) is 0.167. The molecule has 18 heavy (non-hydrogen) atoms. The third-order valence-electron chi connectivity index (χ3n) is 2.09. The maximum Gasteiger partial charge on any atom is 0.229 e. The number of benzene rings is 1. The molecule has 0 aliphatic rings. The van der Waals surface area contributed by atoms with Crippen LogP contribution in [-0.2, 0) is 11.2 Å². The molecular formula is C12H10Cl2N2O2. The van der Waals surface area contributed by atoms with Crippen LogP contribution >= 0.6 is 23.2 Å². The highest BCUT2D eigenvalue weighted by Crippen LogP contribution is 2.13. The van der Waals surface area contributed by atoms with E-state index in [-0.39, 0.29) is 22.5 Å². The summed E-state index contributed by atoms with van der Waals surface area (Å²) in [6, 6.07) is 8.72. The Morgan fingerprint density at radius 1 is 1.39 bits per heavy atom. The molecule has 0 saturated carbocycles. The first-order valence-corrected chi connectivity index (χ1v) is 5.70. The molecule has 6 heteroatoms. The minimum Gasteiger partial charge on any atom is -0.497 e. The summed E-state index contributed by atoms with van der Waals surface area (Å²) in [5.74, 6) is 0.344. The maximum atomic E-state index is 11.6. The van der Waals surface area contributed by atoms with Crippen molar-refractivity contribution in [1.82, 2.24) is 5.32 Å². The zero-order valence-corrected chi connectivity index (χ0v) is 11.0. The van der Waals surface area contributed by atoms with E-state index in [1.54, 1.807) is 37.4 Å². The van der Waals surface area contributed by atoms with E-state index in [9.17, 15) is 4.79 Å². The molecule has 0 fully saturated rings. The molecule has 0 aliphatic heterocycles. The Bertz CT molecular complexity index is 500. The summed E-state index contributed by atoms with van der Waals surface area (Å²) < 4.78 is 4.74. The van der Waals surface area contributed by atoms with Gasteiger partial charge in [-0.25, -0.2) is 0 Å². The Labute approximate surface area is 115 Å². The number of allylic oxidation sites excluding steroid dienone is 1. The molecule has 4 nitrogen and oxygen atoms in total. The third-order valence-corrected chi connectivity index (χ3v) is 2.47. The highest BCUT2D eigenvalue weighted by molar-refractivity contribution is 6.56. The van der Waals surface area contributed by atoms with E-state index in [0.29, 0.717) is 5.75 Å². The van der Waals surface area contributed by atoms with Crippen molar-refractivity contribution in [1.29, 1.82) is 5.26 Å². The van der Waals surface area contributed by atoms with Gasteiger partial charge in [0.05, 0.1) is 13.5 Å². The van der Waals surface area contributed by atoms with Crippen molar-refractivity contribution in [2.24, 2.45) is 0 Å². The van der Waals surface area contributed by atoms with Crippen LogP contribution in [0.1, 0.15) is 5.56 Å². The fourth-order valence-electron chi connectivity index (χ4n) is 1.23. The smallest absolute Gasteiger partial charge is 0.229 e. The van der Waals surface area contributed by atoms with E-state index in [2.05, 4.69) is 5.32 Å². The predicted octanol–water partition coefficient (Wildman–Crippen LogP) is 2.52. The highest BCUT2D eigenvalue weighted by Gasteiger charge is 2.08. The molecule has 94 valence electrons. The lowest BCUT2D eigenvalue weighted by atomic mass is 10.1. The van der Waals surface area contributed by atoms with Crippen molar-refractivity contribution in [3.05, 3.63) is 40.0 Å². The van der Waals surface area contributed by atoms with Crippen LogP contribution in [0.4, 0.5) is 0 Å². The minimum absolute atomic E-state index is 0.121. The first-order chi connectivity index (χ1) is 8.56. The number of amides is 1. The molecule has 0 aromatic heterocycles. The number of rotatable bonds is 4. The van der Waals surface area contributed by atoms with E-state index in [0.717, 1.165) is 5.56 Å². The van der Waals surface area contributed by atoms with Crippen LogP contribution in [0.2, 0.25) is 0 Å². The monoisotopic (exact) mass is 284 g/mol. The average molecular weight is 285 g/mol. The van der Waals surface area contributed by atoms with Gasteiger partial charge in [0.25, 0.3) is 0 Å². The Morgan fingerprint density at radius 2 is 2.00 bits per heavy atom. The molecule has 1 amide bonds. The van der Waals surface area contributed by atoms with Crippen LogP contribution in [-0.4, -0.2) is 13.0 Å². The predicted molar refractivity (Wildman–Crippen MR) is 69.2 cm³/mol. The maximum absolute atomic E-state index is 11.6. The summed E-state index contributed by atoms with van der Waals surface area (Å²) in [5, 5.41) is 11.0. The molecule has 1 N–H and O–H groups in total. The van der Waals surface area contributed by atoms with Crippen LogP contribution < -0.4 is 10.1 Å². The molecule has 0 bridgehead atoms. The number of ether oxygens (including phenoxy) is 1. The largest absolute Gasteiger partial charge is 0.497 e. The van der Waals surface area contributed by atoms with Gasteiger partial charge in [-0.3, -0.25) is 4.79 Å².